The molecule has 0 fully saturated rings. The lowest BCUT2D eigenvalue weighted by Crippen LogP contribution is -2.20. The minimum absolute atomic E-state index is 0.280. The second kappa shape index (κ2) is 7.42. The molecule has 0 aromatic carbocycles. The number of halogens is 4. The van der Waals surface area contributed by atoms with E-state index in [1.54, 1.807) is 0 Å². The van der Waals surface area contributed by atoms with E-state index < -0.39 is 30.9 Å². The maximum absolute atomic E-state index is 13.9. The van der Waals surface area contributed by atoms with Crippen molar-refractivity contribution >= 4 is 0 Å². The zero-order valence-electron chi connectivity index (χ0n) is 11.4. The number of pyridine rings is 1. The van der Waals surface area contributed by atoms with E-state index in [1.807, 2.05) is 13.8 Å². The third kappa shape index (κ3) is 6.18. The van der Waals surface area contributed by atoms with Gasteiger partial charge in [-0.15, -0.1) is 0 Å². The first-order chi connectivity index (χ1) is 9.29. The van der Waals surface area contributed by atoms with Crippen molar-refractivity contribution in [1.29, 1.82) is 0 Å². The molecule has 0 aliphatic carbocycles. The zero-order valence-corrected chi connectivity index (χ0v) is 11.4. The molecule has 1 rings (SSSR count). The van der Waals surface area contributed by atoms with Gasteiger partial charge < -0.3 is 10.1 Å². The van der Waals surface area contributed by atoms with E-state index in [0.717, 1.165) is 0 Å². The van der Waals surface area contributed by atoms with Crippen molar-refractivity contribution in [2.45, 2.75) is 33.0 Å². The Hall–Kier alpha value is -1.37. The minimum Gasteiger partial charge on any atom is -0.475 e. The SMILES string of the molecule is CC(C)CNCc1ccnc(OCCC(F)(F)F)c1F. The highest BCUT2D eigenvalue weighted by Crippen LogP contribution is 2.21. The molecule has 114 valence electrons. The van der Waals surface area contributed by atoms with Crippen LogP contribution in [-0.2, 0) is 6.54 Å². The van der Waals surface area contributed by atoms with E-state index in [-0.39, 0.29) is 6.54 Å². The van der Waals surface area contributed by atoms with Crippen molar-refractivity contribution in [1.82, 2.24) is 10.3 Å². The Bertz CT molecular complexity index is 421. The van der Waals surface area contributed by atoms with Gasteiger partial charge in [0.15, 0.2) is 5.82 Å². The topological polar surface area (TPSA) is 34.2 Å². The van der Waals surface area contributed by atoms with Gasteiger partial charge in [-0.1, -0.05) is 13.8 Å². The Morgan fingerprint density at radius 2 is 2.05 bits per heavy atom. The summed E-state index contributed by atoms with van der Waals surface area (Å²) in [4.78, 5) is 3.61. The molecular formula is C13H18F4N2O. The smallest absolute Gasteiger partial charge is 0.392 e. The van der Waals surface area contributed by atoms with Crippen LogP contribution in [0.1, 0.15) is 25.8 Å². The van der Waals surface area contributed by atoms with Crippen LogP contribution in [-0.4, -0.2) is 24.3 Å². The van der Waals surface area contributed by atoms with Crippen LogP contribution in [0.3, 0.4) is 0 Å². The highest BCUT2D eigenvalue weighted by atomic mass is 19.4. The van der Waals surface area contributed by atoms with E-state index in [9.17, 15) is 17.6 Å². The fourth-order valence-electron chi connectivity index (χ4n) is 1.46. The van der Waals surface area contributed by atoms with E-state index in [4.69, 9.17) is 4.74 Å². The Kier molecular flexibility index (Phi) is 6.19. The third-order valence-corrected chi connectivity index (χ3v) is 2.43. The molecule has 1 heterocycles. The summed E-state index contributed by atoms with van der Waals surface area (Å²) in [5.41, 5.74) is 0.322. The summed E-state index contributed by atoms with van der Waals surface area (Å²) in [5.74, 6) is -0.688. The van der Waals surface area contributed by atoms with Crippen molar-refractivity contribution in [2.75, 3.05) is 13.2 Å². The Morgan fingerprint density at radius 3 is 2.65 bits per heavy atom. The predicted molar refractivity (Wildman–Crippen MR) is 66.9 cm³/mol. The maximum atomic E-state index is 13.9. The fraction of sp³-hybridized carbons (Fsp3) is 0.615. The van der Waals surface area contributed by atoms with Gasteiger partial charge in [-0.05, 0) is 18.5 Å². The number of hydrogen-bond acceptors (Lipinski definition) is 3. The fourth-order valence-corrected chi connectivity index (χ4v) is 1.46. The molecule has 1 N–H and O–H groups in total. The summed E-state index contributed by atoms with van der Waals surface area (Å²) in [6.45, 7) is 4.38. The summed E-state index contributed by atoms with van der Waals surface area (Å²) in [5, 5.41) is 3.05. The Balaban J connectivity index is 2.56. The van der Waals surface area contributed by atoms with Crippen molar-refractivity contribution in [3.63, 3.8) is 0 Å². The Labute approximate surface area is 115 Å². The standard InChI is InChI=1S/C13H18F4N2O/c1-9(2)7-18-8-10-3-5-19-12(11(10)14)20-6-4-13(15,16)17/h3,5,9,18H,4,6-8H2,1-2H3. The number of alkyl halides is 3. The molecule has 0 saturated carbocycles. The second-order valence-electron chi connectivity index (χ2n) is 4.83. The summed E-state index contributed by atoms with van der Waals surface area (Å²) in [7, 11) is 0. The summed E-state index contributed by atoms with van der Waals surface area (Å²) < 4.78 is 54.6. The van der Waals surface area contributed by atoms with Crippen LogP contribution in [0.5, 0.6) is 5.88 Å². The highest BCUT2D eigenvalue weighted by Gasteiger charge is 2.27. The van der Waals surface area contributed by atoms with Crippen LogP contribution >= 0.6 is 0 Å². The molecule has 0 saturated heterocycles. The average Bonchev–Trinajstić information content (AvgIpc) is 2.31. The van der Waals surface area contributed by atoms with Gasteiger partial charge in [0.1, 0.15) is 0 Å². The molecule has 0 atom stereocenters. The van der Waals surface area contributed by atoms with Gasteiger partial charge in [0.05, 0.1) is 13.0 Å². The molecule has 1 aromatic heterocycles. The van der Waals surface area contributed by atoms with Crippen LogP contribution < -0.4 is 10.1 Å². The van der Waals surface area contributed by atoms with Gasteiger partial charge in [-0.3, -0.25) is 0 Å². The second-order valence-corrected chi connectivity index (χ2v) is 4.83. The normalized spacial score (nSPS) is 11.9. The van der Waals surface area contributed by atoms with Gasteiger partial charge >= 0.3 is 6.18 Å². The molecule has 0 unspecified atom stereocenters. The summed E-state index contributed by atoms with van der Waals surface area (Å²) in [6, 6.07) is 1.47. The van der Waals surface area contributed by atoms with Crippen LogP contribution in [0, 0.1) is 11.7 Å². The molecule has 0 amide bonds. The van der Waals surface area contributed by atoms with Crippen LogP contribution in [0.2, 0.25) is 0 Å². The monoisotopic (exact) mass is 294 g/mol. The van der Waals surface area contributed by atoms with E-state index in [1.165, 1.54) is 12.3 Å². The molecule has 20 heavy (non-hydrogen) atoms. The number of nitrogens with zero attached hydrogens (tertiary/aromatic N) is 1. The first kappa shape index (κ1) is 16.7. The molecule has 7 heteroatoms. The largest absolute Gasteiger partial charge is 0.475 e. The molecule has 0 radical (unpaired) electrons. The van der Waals surface area contributed by atoms with Crippen molar-refractivity contribution < 1.29 is 22.3 Å². The molecule has 1 aromatic rings. The molecule has 0 spiro atoms. The highest BCUT2D eigenvalue weighted by molar-refractivity contribution is 5.23. The van der Waals surface area contributed by atoms with Gasteiger partial charge in [-0.2, -0.15) is 13.2 Å². The molecule has 0 aliphatic heterocycles. The van der Waals surface area contributed by atoms with Crippen molar-refractivity contribution in [3.05, 3.63) is 23.6 Å². The first-order valence-corrected chi connectivity index (χ1v) is 6.33. The quantitative estimate of drug-likeness (QED) is 0.784. The average molecular weight is 294 g/mol. The van der Waals surface area contributed by atoms with Gasteiger partial charge in [-0.25, -0.2) is 9.37 Å². The van der Waals surface area contributed by atoms with Gasteiger partial charge in [0, 0.05) is 18.3 Å². The molecular weight excluding hydrogens is 276 g/mol. The molecule has 0 aliphatic rings. The van der Waals surface area contributed by atoms with Crippen LogP contribution in [0.4, 0.5) is 17.6 Å². The lowest BCUT2D eigenvalue weighted by atomic mass is 10.2. The summed E-state index contributed by atoms with van der Waals surface area (Å²) in [6.07, 6.45) is -4.14. The van der Waals surface area contributed by atoms with E-state index in [0.29, 0.717) is 18.0 Å². The van der Waals surface area contributed by atoms with Crippen molar-refractivity contribution in [2.24, 2.45) is 5.92 Å². The lowest BCUT2D eigenvalue weighted by Gasteiger charge is -2.11. The van der Waals surface area contributed by atoms with Gasteiger partial charge in [0.25, 0.3) is 5.88 Å². The predicted octanol–water partition coefficient (Wildman–Crippen LogP) is 3.30. The number of hydrogen-bond donors (Lipinski definition) is 1. The number of rotatable bonds is 7. The molecule has 3 nitrogen and oxygen atoms in total. The van der Waals surface area contributed by atoms with Crippen molar-refractivity contribution in [3.8, 4) is 5.88 Å². The van der Waals surface area contributed by atoms with Crippen LogP contribution in [0.15, 0.2) is 12.3 Å². The Morgan fingerprint density at radius 1 is 1.35 bits per heavy atom. The van der Waals surface area contributed by atoms with Gasteiger partial charge in [0.2, 0.25) is 0 Å². The lowest BCUT2D eigenvalue weighted by molar-refractivity contribution is -0.139. The number of nitrogens with one attached hydrogen (secondary N) is 1. The number of aromatic nitrogens is 1. The first-order valence-electron chi connectivity index (χ1n) is 6.33. The molecule has 0 bridgehead atoms. The van der Waals surface area contributed by atoms with Crippen LogP contribution in [0.25, 0.3) is 0 Å². The third-order valence-electron chi connectivity index (χ3n) is 2.43. The minimum atomic E-state index is -4.33. The zero-order chi connectivity index (χ0) is 15.2. The maximum Gasteiger partial charge on any atom is 0.392 e. The summed E-state index contributed by atoms with van der Waals surface area (Å²) >= 11 is 0. The van der Waals surface area contributed by atoms with E-state index >= 15 is 0 Å². The van der Waals surface area contributed by atoms with E-state index in [2.05, 4.69) is 10.3 Å². The number of ether oxygens (including phenoxy) is 1.